The van der Waals surface area contributed by atoms with Gasteiger partial charge in [-0.25, -0.2) is 4.79 Å². The maximum atomic E-state index is 11.9. The van der Waals surface area contributed by atoms with Crippen LogP contribution in [0.5, 0.6) is 0 Å². The lowest BCUT2D eigenvalue weighted by Gasteiger charge is -2.39. The molecule has 0 saturated carbocycles. The number of nitrogens with zero attached hydrogens (tertiary/aromatic N) is 2. The fourth-order valence-corrected chi connectivity index (χ4v) is 1.76. The molecule has 1 aliphatic rings. The zero-order valence-electron chi connectivity index (χ0n) is 10.1. The van der Waals surface area contributed by atoms with Crippen LogP contribution in [0.1, 0.15) is 19.8 Å². The van der Waals surface area contributed by atoms with Gasteiger partial charge in [-0.3, -0.25) is 4.79 Å². The van der Waals surface area contributed by atoms with Gasteiger partial charge in [-0.2, -0.15) is 0 Å². The summed E-state index contributed by atoms with van der Waals surface area (Å²) in [5.41, 5.74) is 0. The molecule has 0 aromatic heterocycles. The number of carboxylic acids is 1. The second kappa shape index (κ2) is 6.44. The molecule has 0 unspecified atom stereocenters. The van der Waals surface area contributed by atoms with Crippen LogP contribution in [0.2, 0.25) is 0 Å². The normalized spacial score (nSPS) is 15.5. The minimum absolute atomic E-state index is 0.0638. The highest BCUT2D eigenvalue weighted by Crippen LogP contribution is 2.17. The summed E-state index contributed by atoms with van der Waals surface area (Å²) in [6.07, 6.45) is 1.87. The smallest absolute Gasteiger partial charge is 0.320 e. The van der Waals surface area contributed by atoms with Gasteiger partial charge in [0, 0.05) is 26.2 Å². The molecule has 0 aromatic rings. The second-order valence-electron chi connectivity index (χ2n) is 4.29. The van der Waals surface area contributed by atoms with Crippen molar-refractivity contribution in [1.82, 2.24) is 9.80 Å². The highest BCUT2D eigenvalue weighted by Gasteiger charge is 2.37. The molecule has 17 heavy (non-hydrogen) atoms. The van der Waals surface area contributed by atoms with E-state index in [9.17, 15) is 9.59 Å². The van der Waals surface area contributed by atoms with Gasteiger partial charge in [0.2, 0.25) is 0 Å². The Kier molecular flexibility index (Phi) is 5.21. The van der Waals surface area contributed by atoms with Crippen LogP contribution in [0.25, 0.3) is 0 Å². The molecule has 0 spiro atoms. The Morgan fingerprint density at radius 2 is 2.00 bits per heavy atom. The first kappa shape index (κ1) is 13.8. The topological polar surface area (TPSA) is 81.1 Å². The summed E-state index contributed by atoms with van der Waals surface area (Å²) in [5, 5.41) is 17.6. The van der Waals surface area contributed by atoms with E-state index in [0.29, 0.717) is 13.1 Å². The average Bonchev–Trinajstić information content (AvgIpc) is 2.21. The van der Waals surface area contributed by atoms with Crippen LogP contribution in [0.3, 0.4) is 0 Å². The number of carbonyl (C=O) groups is 2. The number of unbranched alkanes of at least 4 members (excludes halogenated alkanes) is 1. The van der Waals surface area contributed by atoms with Crippen molar-refractivity contribution in [3.05, 3.63) is 0 Å². The molecule has 1 saturated heterocycles. The first-order valence-electron chi connectivity index (χ1n) is 5.97. The molecule has 1 heterocycles. The molecular formula is C11H20N2O4. The van der Waals surface area contributed by atoms with Crippen LogP contribution in [-0.4, -0.2) is 64.8 Å². The third kappa shape index (κ3) is 3.59. The summed E-state index contributed by atoms with van der Waals surface area (Å²) < 4.78 is 0. The van der Waals surface area contributed by atoms with Crippen molar-refractivity contribution in [3.63, 3.8) is 0 Å². The minimum Gasteiger partial charge on any atom is -0.481 e. The first-order valence-corrected chi connectivity index (χ1v) is 5.97. The second-order valence-corrected chi connectivity index (χ2v) is 4.29. The van der Waals surface area contributed by atoms with Crippen LogP contribution in [-0.2, 0) is 4.79 Å². The zero-order chi connectivity index (χ0) is 12.8. The van der Waals surface area contributed by atoms with Crippen molar-refractivity contribution in [2.24, 2.45) is 5.92 Å². The van der Waals surface area contributed by atoms with E-state index >= 15 is 0 Å². The molecule has 1 aliphatic heterocycles. The van der Waals surface area contributed by atoms with Crippen molar-refractivity contribution in [2.45, 2.75) is 19.8 Å². The van der Waals surface area contributed by atoms with Crippen molar-refractivity contribution in [1.29, 1.82) is 0 Å². The van der Waals surface area contributed by atoms with Gasteiger partial charge in [0.25, 0.3) is 0 Å². The minimum atomic E-state index is -0.851. The number of aliphatic hydroxyl groups excluding tert-OH is 1. The van der Waals surface area contributed by atoms with E-state index < -0.39 is 11.9 Å². The molecule has 6 nitrogen and oxygen atoms in total. The zero-order valence-corrected chi connectivity index (χ0v) is 10.1. The fourth-order valence-electron chi connectivity index (χ4n) is 1.76. The van der Waals surface area contributed by atoms with Crippen LogP contribution in [0.4, 0.5) is 4.79 Å². The number of aliphatic carboxylic acids is 1. The lowest BCUT2D eigenvalue weighted by molar-refractivity contribution is -0.146. The molecule has 0 atom stereocenters. The van der Waals surface area contributed by atoms with E-state index in [1.54, 1.807) is 4.90 Å². The Morgan fingerprint density at radius 3 is 2.47 bits per heavy atom. The molecular weight excluding hydrogens is 224 g/mol. The number of amides is 2. The molecule has 0 aliphatic carbocycles. The molecule has 98 valence electrons. The van der Waals surface area contributed by atoms with E-state index in [2.05, 4.69) is 0 Å². The lowest BCUT2D eigenvalue weighted by atomic mass is 10.0. The Hall–Kier alpha value is -1.30. The molecule has 0 aromatic carbocycles. The molecule has 2 N–H and O–H groups in total. The summed E-state index contributed by atoms with van der Waals surface area (Å²) in [5.74, 6) is -1.28. The summed E-state index contributed by atoms with van der Waals surface area (Å²) >= 11 is 0. The van der Waals surface area contributed by atoms with Gasteiger partial charge >= 0.3 is 12.0 Å². The van der Waals surface area contributed by atoms with Crippen LogP contribution < -0.4 is 0 Å². The van der Waals surface area contributed by atoms with E-state index in [1.807, 2.05) is 6.92 Å². The van der Waals surface area contributed by atoms with Crippen LogP contribution >= 0.6 is 0 Å². The number of carboxylic acid groups (broad SMARTS) is 1. The fraction of sp³-hybridized carbons (Fsp3) is 0.818. The van der Waals surface area contributed by atoms with Gasteiger partial charge in [-0.1, -0.05) is 13.3 Å². The first-order chi connectivity index (χ1) is 8.10. The highest BCUT2D eigenvalue weighted by molar-refractivity contribution is 5.79. The van der Waals surface area contributed by atoms with Crippen LogP contribution in [0.15, 0.2) is 0 Å². The monoisotopic (exact) mass is 244 g/mol. The Bertz CT molecular complexity index is 277. The van der Waals surface area contributed by atoms with Gasteiger partial charge < -0.3 is 20.0 Å². The number of likely N-dealkylation sites (tertiary alicyclic amines) is 1. The molecule has 1 rings (SSSR count). The van der Waals surface area contributed by atoms with E-state index in [4.69, 9.17) is 10.2 Å². The van der Waals surface area contributed by atoms with Crippen molar-refractivity contribution in [3.8, 4) is 0 Å². The molecule has 2 amide bonds. The Labute approximate surface area is 101 Å². The van der Waals surface area contributed by atoms with Crippen molar-refractivity contribution >= 4 is 12.0 Å². The third-order valence-corrected chi connectivity index (χ3v) is 2.92. The largest absolute Gasteiger partial charge is 0.481 e. The Balaban J connectivity index is 2.40. The van der Waals surface area contributed by atoms with Crippen molar-refractivity contribution < 1.29 is 19.8 Å². The van der Waals surface area contributed by atoms with Gasteiger partial charge in [0.05, 0.1) is 12.5 Å². The quantitative estimate of drug-likeness (QED) is 0.700. The van der Waals surface area contributed by atoms with Crippen LogP contribution in [0, 0.1) is 5.92 Å². The maximum absolute atomic E-state index is 11.9. The van der Waals surface area contributed by atoms with Gasteiger partial charge in [-0.15, -0.1) is 0 Å². The maximum Gasteiger partial charge on any atom is 0.320 e. The van der Waals surface area contributed by atoms with Gasteiger partial charge in [0.1, 0.15) is 0 Å². The third-order valence-electron chi connectivity index (χ3n) is 2.92. The van der Waals surface area contributed by atoms with E-state index in [0.717, 1.165) is 12.8 Å². The molecule has 1 fully saturated rings. The van der Waals surface area contributed by atoms with E-state index in [1.165, 1.54) is 4.90 Å². The number of aliphatic hydroxyl groups is 1. The summed E-state index contributed by atoms with van der Waals surface area (Å²) in [6, 6.07) is -0.162. The number of urea groups is 1. The van der Waals surface area contributed by atoms with Gasteiger partial charge in [-0.05, 0) is 6.42 Å². The number of hydrogen-bond donors (Lipinski definition) is 2. The molecule has 6 heteroatoms. The summed E-state index contributed by atoms with van der Waals surface area (Å²) in [7, 11) is 0. The molecule has 0 radical (unpaired) electrons. The average molecular weight is 244 g/mol. The van der Waals surface area contributed by atoms with E-state index in [-0.39, 0.29) is 25.7 Å². The summed E-state index contributed by atoms with van der Waals surface area (Å²) in [6.45, 7) is 3.46. The highest BCUT2D eigenvalue weighted by atomic mass is 16.4. The lowest BCUT2D eigenvalue weighted by Crippen LogP contribution is -2.57. The molecule has 0 bridgehead atoms. The predicted molar refractivity (Wildman–Crippen MR) is 61.7 cm³/mol. The number of hydrogen-bond acceptors (Lipinski definition) is 3. The predicted octanol–water partition coefficient (Wildman–Crippen LogP) is 0.217. The summed E-state index contributed by atoms with van der Waals surface area (Å²) in [4.78, 5) is 25.7. The standard InChI is InChI=1S/C11H20N2O4/c1-2-3-4-12(5-6-14)11(17)13-7-9(8-13)10(15)16/h9,14H,2-8H2,1H3,(H,15,16). The Morgan fingerprint density at radius 1 is 1.35 bits per heavy atom. The van der Waals surface area contributed by atoms with Crippen molar-refractivity contribution in [2.75, 3.05) is 32.8 Å². The SMILES string of the molecule is CCCCN(CCO)C(=O)N1CC(C(=O)O)C1. The van der Waals surface area contributed by atoms with Gasteiger partial charge in [0.15, 0.2) is 0 Å². The number of rotatable bonds is 6. The number of carbonyl (C=O) groups excluding carboxylic acids is 1.